The number of likely N-dealkylation sites (tertiary alicyclic amines) is 1. The van der Waals surface area contributed by atoms with Gasteiger partial charge in [-0.2, -0.15) is 5.10 Å². The van der Waals surface area contributed by atoms with Gasteiger partial charge in [0, 0.05) is 24.0 Å². The minimum atomic E-state index is -0.469. The fourth-order valence-corrected chi connectivity index (χ4v) is 5.31. The number of hydrogen-bond donors (Lipinski definition) is 0. The van der Waals surface area contributed by atoms with Crippen LogP contribution in [0.5, 0.6) is 0 Å². The van der Waals surface area contributed by atoms with Crippen LogP contribution in [0.1, 0.15) is 46.3 Å². The maximum absolute atomic E-state index is 13.5. The topological polar surface area (TPSA) is 77.3 Å². The van der Waals surface area contributed by atoms with Crippen molar-refractivity contribution in [3.63, 3.8) is 0 Å². The summed E-state index contributed by atoms with van der Waals surface area (Å²) < 4.78 is 6.73. The van der Waals surface area contributed by atoms with Gasteiger partial charge in [0.05, 0.1) is 12.3 Å². The van der Waals surface area contributed by atoms with Gasteiger partial charge in [0.1, 0.15) is 0 Å². The number of ether oxygens (including phenoxy) is 1. The second-order valence-electron chi connectivity index (χ2n) is 8.85. The molecule has 2 aromatic carbocycles. The van der Waals surface area contributed by atoms with E-state index in [9.17, 15) is 9.59 Å². The van der Waals surface area contributed by atoms with Crippen LogP contribution in [0.25, 0.3) is 16.4 Å². The number of aromatic nitrogens is 3. The van der Waals surface area contributed by atoms with Crippen LogP contribution < -0.4 is 0 Å². The van der Waals surface area contributed by atoms with E-state index < -0.39 is 5.97 Å². The SMILES string of the molecule is CCOC(=O)c1csc(-n2nc(C(=O)N3CCC(Cc4ccccc4)CC3)cc2-c2ccccc2)n1. The molecule has 0 atom stereocenters. The van der Waals surface area contributed by atoms with Crippen molar-refractivity contribution in [3.05, 3.63) is 89.1 Å². The molecule has 0 aliphatic carbocycles. The van der Waals surface area contributed by atoms with Crippen LogP contribution in [0.3, 0.4) is 0 Å². The second kappa shape index (κ2) is 10.9. The van der Waals surface area contributed by atoms with Crippen molar-refractivity contribution in [2.75, 3.05) is 19.7 Å². The number of esters is 1. The van der Waals surface area contributed by atoms with Crippen LogP contribution >= 0.6 is 11.3 Å². The zero-order valence-corrected chi connectivity index (χ0v) is 21.0. The van der Waals surface area contributed by atoms with Crippen molar-refractivity contribution in [1.29, 1.82) is 0 Å². The van der Waals surface area contributed by atoms with Gasteiger partial charge in [0.25, 0.3) is 5.91 Å². The Labute approximate surface area is 214 Å². The second-order valence-corrected chi connectivity index (χ2v) is 9.69. The molecule has 8 heteroatoms. The third kappa shape index (κ3) is 5.23. The van der Waals surface area contributed by atoms with E-state index in [0.717, 1.165) is 30.5 Å². The molecule has 5 rings (SSSR count). The Morgan fingerprint density at radius 1 is 1.00 bits per heavy atom. The van der Waals surface area contributed by atoms with E-state index in [-0.39, 0.29) is 18.2 Å². The quantitative estimate of drug-likeness (QED) is 0.323. The Morgan fingerprint density at radius 3 is 2.39 bits per heavy atom. The molecule has 0 spiro atoms. The number of thiazole rings is 1. The summed E-state index contributed by atoms with van der Waals surface area (Å²) in [5.41, 5.74) is 3.63. The predicted octanol–water partition coefficient (Wildman–Crippen LogP) is 5.27. The smallest absolute Gasteiger partial charge is 0.357 e. The summed E-state index contributed by atoms with van der Waals surface area (Å²) in [6.07, 6.45) is 2.99. The number of carbonyl (C=O) groups is 2. The van der Waals surface area contributed by atoms with E-state index in [4.69, 9.17) is 4.74 Å². The first kappa shape index (κ1) is 23.9. The Kier molecular flexibility index (Phi) is 7.23. The number of benzene rings is 2. The highest BCUT2D eigenvalue weighted by Crippen LogP contribution is 2.28. The highest BCUT2D eigenvalue weighted by molar-refractivity contribution is 7.12. The van der Waals surface area contributed by atoms with Gasteiger partial charge in [-0.15, -0.1) is 11.3 Å². The number of hydrogen-bond acceptors (Lipinski definition) is 6. The molecule has 3 heterocycles. The highest BCUT2D eigenvalue weighted by Gasteiger charge is 2.27. The fourth-order valence-electron chi connectivity index (χ4n) is 4.56. The van der Waals surface area contributed by atoms with Gasteiger partial charge in [-0.05, 0) is 43.7 Å². The van der Waals surface area contributed by atoms with Gasteiger partial charge in [0.2, 0.25) is 5.13 Å². The molecule has 184 valence electrons. The molecule has 0 saturated carbocycles. The van der Waals surface area contributed by atoms with Gasteiger partial charge in [-0.1, -0.05) is 60.7 Å². The predicted molar refractivity (Wildman–Crippen MR) is 139 cm³/mol. The largest absolute Gasteiger partial charge is 0.461 e. The summed E-state index contributed by atoms with van der Waals surface area (Å²) in [7, 11) is 0. The number of nitrogens with zero attached hydrogens (tertiary/aromatic N) is 4. The lowest BCUT2D eigenvalue weighted by Crippen LogP contribution is -2.39. The lowest BCUT2D eigenvalue weighted by molar-refractivity contribution is 0.0520. The summed E-state index contributed by atoms with van der Waals surface area (Å²) >= 11 is 1.29. The van der Waals surface area contributed by atoms with E-state index in [1.165, 1.54) is 16.9 Å². The molecule has 0 unspecified atom stereocenters. The van der Waals surface area contributed by atoms with Crippen molar-refractivity contribution < 1.29 is 14.3 Å². The van der Waals surface area contributed by atoms with Crippen LogP contribution in [0.2, 0.25) is 0 Å². The van der Waals surface area contributed by atoms with E-state index >= 15 is 0 Å². The van der Waals surface area contributed by atoms with Crippen molar-refractivity contribution >= 4 is 23.2 Å². The molecule has 0 radical (unpaired) electrons. The van der Waals surface area contributed by atoms with Crippen molar-refractivity contribution in [2.24, 2.45) is 5.92 Å². The summed E-state index contributed by atoms with van der Waals surface area (Å²) in [6, 6.07) is 22.1. The Bertz CT molecular complexity index is 1330. The monoisotopic (exact) mass is 500 g/mol. The lowest BCUT2D eigenvalue weighted by Gasteiger charge is -2.31. The summed E-state index contributed by atoms with van der Waals surface area (Å²) in [5, 5.41) is 6.83. The van der Waals surface area contributed by atoms with Crippen molar-refractivity contribution in [2.45, 2.75) is 26.2 Å². The van der Waals surface area contributed by atoms with Crippen LogP contribution in [-0.4, -0.2) is 51.2 Å². The maximum Gasteiger partial charge on any atom is 0.357 e. The first-order chi connectivity index (χ1) is 17.6. The molecule has 1 fully saturated rings. The Balaban J connectivity index is 1.36. The zero-order valence-electron chi connectivity index (χ0n) is 20.2. The molecule has 1 saturated heterocycles. The van der Waals surface area contributed by atoms with Gasteiger partial charge < -0.3 is 9.64 Å². The molecule has 7 nitrogen and oxygen atoms in total. The molecule has 36 heavy (non-hydrogen) atoms. The van der Waals surface area contributed by atoms with E-state index in [0.29, 0.717) is 29.8 Å². The Morgan fingerprint density at radius 2 is 1.69 bits per heavy atom. The number of rotatable bonds is 7. The molecule has 1 aliphatic rings. The van der Waals surface area contributed by atoms with Gasteiger partial charge >= 0.3 is 5.97 Å². The normalized spacial score (nSPS) is 14.1. The number of piperidine rings is 1. The standard InChI is InChI=1S/C28H28N4O3S/c1-2-35-27(34)24-19-36-28(29-24)32-25(22-11-7-4-8-12-22)18-23(30-32)26(33)31-15-13-21(14-16-31)17-20-9-5-3-6-10-20/h3-12,18-19,21H,2,13-17H2,1H3. The first-order valence-corrected chi connectivity index (χ1v) is 13.1. The average molecular weight is 501 g/mol. The molecule has 1 aliphatic heterocycles. The van der Waals surface area contributed by atoms with Gasteiger partial charge in [-0.3, -0.25) is 4.79 Å². The summed E-state index contributed by atoms with van der Waals surface area (Å²) in [6.45, 7) is 3.47. The van der Waals surface area contributed by atoms with Crippen LogP contribution in [-0.2, 0) is 11.2 Å². The molecule has 1 amide bonds. The molecule has 4 aromatic rings. The third-order valence-electron chi connectivity index (χ3n) is 6.42. The van der Waals surface area contributed by atoms with Crippen molar-refractivity contribution in [3.8, 4) is 16.4 Å². The maximum atomic E-state index is 13.5. The molecular formula is C28H28N4O3S. The Hall–Kier alpha value is -3.78. The van der Waals surface area contributed by atoms with E-state index in [1.54, 1.807) is 17.0 Å². The minimum absolute atomic E-state index is 0.0775. The molecule has 0 N–H and O–H groups in total. The number of amides is 1. The van der Waals surface area contributed by atoms with Crippen LogP contribution in [0, 0.1) is 5.92 Å². The summed E-state index contributed by atoms with van der Waals surface area (Å²) in [4.78, 5) is 31.9. The van der Waals surface area contributed by atoms with Gasteiger partial charge in [0.15, 0.2) is 11.4 Å². The average Bonchev–Trinajstić information content (AvgIpc) is 3.58. The van der Waals surface area contributed by atoms with Crippen LogP contribution in [0.4, 0.5) is 0 Å². The van der Waals surface area contributed by atoms with E-state index in [2.05, 4.69) is 34.3 Å². The first-order valence-electron chi connectivity index (χ1n) is 12.2. The minimum Gasteiger partial charge on any atom is -0.461 e. The van der Waals surface area contributed by atoms with Crippen LogP contribution in [0.15, 0.2) is 72.1 Å². The van der Waals surface area contributed by atoms with Crippen molar-refractivity contribution in [1.82, 2.24) is 19.7 Å². The summed E-state index contributed by atoms with van der Waals surface area (Å²) in [5.74, 6) is 0.0276. The molecular weight excluding hydrogens is 472 g/mol. The molecule has 0 bridgehead atoms. The number of carbonyl (C=O) groups excluding carboxylic acids is 2. The van der Waals surface area contributed by atoms with E-state index in [1.807, 2.05) is 47.4 Å². The third-order valence-corrected chi connectivity index (χ3v) is 7.24. The highest BCUT2D eigenvalue weighted by atomic mass is 32.1. The fraction of sp³-hybridized carbons (Fsp3) is 0.286. The van der Waals surface area contributed by atoms with Gasteiger partial charge in [-0.25, -0.2) is 14.5 Å². The zero-order chi connectivity index (χ0) is 24.9. The lowest BCUT2D eigenvalue weighted by atomic mass is 9.90. The molecule has 2 aromatic heterocycles.